The van der Waals surface area contributed by atoms with Crippen LogP contribution in [0.1, 0.15) is 19.5 Å². The maximum absolute atomic E-state index is 15.7. The predicted molar refractivity (Wildman–Crippen MR) is 299 cm³/mol. The average molecular weight is 1100 g/mol. The van der Waals surface area contributed by atoms with Crippen molar-refractivity contribution in [3.05, 3.63) is 221 Å². The molecule has 4 heterocycles. The van der Waals surface area contributed by atoms with Gasteiger partial charge in [0.2, 0.25) is 0 Å². The molecule has 0 aliphatic heterocycles. The van der Waals surface area contributed by atoms with E-state index in [-0.39, 0.29) is 22.7 Å². The first-order chi connectivity index (χ1) is 36.6. The van der Waals surface area contributed by atoms with E-state index in [4.69, 9.17) is 0 Å². The highest BCUT2D eigenvalue weighted by molar-refractivity contribution is 7.11. The second-order valence-corrected chi connectivity index (χ2v) is 22.7. The molecule has 8 aromatic carbocycles. The van der Waals surface area contributed by atoms with Crippen LogP contribution in [0.5, 0.6) is 0 Å². The molecule has 0 radical (unpaired) electrons. The Kier molecular flexibility index (Phi) is 12.4. The van der Waals surface area contributed by atoms with Crippen LogP contribution in [0.2, 0.25) is 0 Å². The summed E-state index contributed by atoms with van der Waals surface area (Å²) < 4.78 is 125. The Hall–Kier alpha value is -7.76. The normalized spacial score (nSPS) is 11.7. The van der Waals surface area contributed by atoms with Gasteiger partial charge in [0.1, 0.15) is 46.5 Å². The average Bonchev–Trinajstić information content (AvgIpc) is 4.27. The number of thiophene rings is 4. The number of rotatable bonds is 12. The molecule has 0 saturated heterocycles. The van der Waals surface area contributed by atoms with Crippen molar-refractivity contribution in [2.45, 2.75) is 27.7 Å². The molecule has 0 atom stereocenters. The third-order valence-corrected chi connectivity index (χ3v) is 16.8. The van der Waals surface area contributed by atoms with Crippen LogP contribution in [0.25, 0.3) is 32.3 Å². The van der Waals surface area contributed by atoms with Crippen molar-refractivity contribution in [2.24, 2.45) is 0 Å². The van der Waals surface area contributed by atoms with E-state index >= 15 is 35.1 Å². The van der Waals surface area contributed by atoms with E-state index in [1.54, 1.807) is 19.6 Å². The van der Waals surface area contributed by atoms with Gasteiger partial charge in [-0.05, 0) is 134 Å². The lowest BCUT2D eigenvalue weighted by molar-refractivity contribution is 0.583. The highest BCUT2D eigenvalue weighted by Crippen LogP contribution is 2.56. The Morgan fingerprint density at radius 3 is 0.618 bits per heavy atom. The summed E-state index contributed by atoms with van der Waals surface area (Å²) in [6.07, 6.45) is 0. The van der Waals surface area contributed by atoms with Crippen molar-refractivity contribution in [3.63, 3.8) is 0 Å². The van der Waals surface area contributed by atoms with Crippen LogP contribution in [0, 0.1) is 74.2 Å². The van der Waals surface area contributed by atoms with Crippen LogP contribution in [-0.2, 0) is 0 Å². The minimum absolute atomic E-state index is 0.135. The minimum atomic E-state index is -0.832. The van der Waals surface area contributed by atoms with E-state index in [0.29, 0.717) is 77.8 Å². The number of hydrogen-bond acceptors (Lipinski definition) is 8. The zero-order valence-electron chi connectivity index (χ0n) is 40.5. The van der Waals surface area contributed by atoms with Crippen molar-refractivity contribution < 1.29 is 35.1 Å². The van der Waals surface area contributed by atoms with E-state index in [9.17, 15) is 0 Å². The summed E-state index contributed by atoms with van der Waals surface area (Å²) in [4.78, 5) is 10.2. The van der Waals surface area contributed by atoms with E-state index in [0.717, 1.165) is 43.8 Å². The molecular weight excluding hydrogens is 1060 g/mol. The quantitative estimate of drug-likeness (QED) is 0.0893. The minimum Gasteiger partial charge on any atom is -0.308 e. The molecule has 378 valence electrons. The molecule has 0 aliphatic carbocycles. The lowest BCUT2D eigenvalue weighted by Gasteiger charge is -2.34. The fourth-order valence-electron chi connectivity index (χ4n) is 10.4. The summed E-state index contributed by atoms with van der Waals surface area (Å²) in [5.41, 5.74) is 4.57. The van der Waals surface area contributed by atoms with Gasteiger partial charge in [-0.25, -0.2) is 35.1 Å². The van der Waals surface area contributed by atoms with Crippen LogP contribution in [0.4, 0.5) is 103 Å². The molecule has 0 fully saturated rings. The van der Waals surface area contributed by atoms with E-state index < -0.39 is 46.5 Å². The van der Waals surface area contributed by atoms with E-state index in [1.165, 1.54) is 93.9 Å². The Morgan fingerprint density at radius 2 is 0.447 bits per heavy atom. The first-order valence-corrected chi connectivity index (χ1v) is 27.1. The monoisotopic (exact) mass is 1090 g/mol. The topological polar surface area (TPSA) is 13.0 Å². The Bertz CT molecular complexity index is 3630. The smallest absolute Gasteiger partial charge is 0.128 e. The van der Waals surface area contributed by atoms with Gasteiger partial charge in [-0.3, -0.25) is 0 Å². The highest BCUT2D eigenvalue weighted by atomic mass is 32.1. The molecule has 0 aliphatic rings. The van der Waals surface area contributed by atoms with Gasteiger partial charge in [-0.15, -0.1) is 45.3 Å². The summed E-state index contributed by atoms with van der Waals surface area (Å²) in [6, 6.07) is 31.6. The zero-order chi connectivity index (χ0) is 52.8. The van der Waals surface area contributed by atoms with E-state index in [2.05, 4.69) is 0 Å². The summed E-state index contributed by atoms with van der Waals surface area (Å²) in [6.45, 7) is 7.56. The Morgan fingerprint density at radius 1 is 0.250 bits per heavy atom. The lowest BCUT2D eigenvalue weighted by Crippen LogP contribution is -2.16. The molecule has 16 heteroatoms. The third kappa shape index (κ3) is 8.49. The van der Waals surface area contributed by atoms with Gasteiger partial charge in [0.15, 0.2) is 0 Å². The highest BCUT2D eigenvalue weighted by Gasteiger charge is 2.31. The number of benzene rings is 8. The second kappa shape index (κ2) is 19.1. The van der Waals surface area contributed by atoms with Gasteiger partial charge in [0.05, 0.1) is 68.2 Å². The number of nitrogens with zero attached hydrogens (tertiary/aromatic N) is 4. The van der Waals surface area contributed by atoms with E-state index in [1.807, 2.05) is 110 Å². The van der Waals surface area contributed by atoms with Gasteiger partial charge in [0, 0.05) is 76.1 Å². The maximum atomic E-state index is 15.7. The maximum Gasteiger partial charge on any atom is 0.128 e. The van der Waals surface area contributed by atoms with Gasteiger partial charge in [-0.1, -0.05) is 24.3 Å². The molecule has 4 nitrogen and oxygen atoms in total. The second-order valence-electron chi connectivity index (χ2n) is 18.2. The molecule has 4 aromatic heterocycles. The number of hydrogen-bond donors (Lipinski definition) is 0. The number of halogens is 8. The van der Waals surface area contributed by atoms with Gasteiger partial charge in [0.25, 0.3) is 0 Å². The predicted octanol–water partition coefficient (Wildman–Crippen LogP) is 21.1. The standard InChI is InChI=1S/C60H38F8N4S4/c1-31-51(9-13-73-31)69(43-21-35(61)17-36(62)22-43)55-29-56(70(52-10-14-74-32(52)2)44-23-37(63)18-38(64)24-44)48-7-8-50-58(72(54-12-16-76-34(54)4)46-27-41(67)20-42(68)28-46)30-57(49-6-5-47(55)59(48)60(49)50)71(53-11-15-75-33(53)3)45-25-39(65)19-40(66)26-45/h5-30H,1-4H3. The van der Waals surface area contributed by atoms with Crippen LogP contribution in [0.3, 0.4) is 0 Å². The lowest BCUT2D eigenvalue weighted by atomic mass is 9.89. The van der Waals surface area contributed by atoms with Crippen molar-refractivity contribution in [1.29, 1.82) is 0 Å². The molecule has 0 spiro atoms. The fourth-order valence-corrected chi connectivity index (χ4v) is 13.1. The van der Waals surface area contributed by atoms with Gasteiger partial charge in [-0.2, -0.15) is 0 Å². The van der Waals surface area contributed by atoms with Crippen LogP contribution >= 0.6 is 45.3 Å². The van der Waals surface area contributed by atoms with Crippen molar-refractivity contribution in [1.82, 2.24) is 0 Å². The van der Waals surface area contributed by atoms with Crippen molar-refractivity contribution in [2.75, 3.05) is 19.6 Å². The molecule has 0 saturated carbocycles. The van der Waals surface area contributed by atoms with Crippen LogP contribution < -0.4 is 19.6 Å². The summed E-state index contributed by atoms with van der Waals surface area (Å²) in [5, 5.41) is 10.8. The molecule has 0 unspecified atom stereocenters. The molecule has 12 rings (SSSR count). The first kappa shape index (κ1) is 49.1. The molecule has 76 heavy (non-hydrogen) atoms. The van der Waals surface area contributed by atoms with Gasteiger partial charge < -0.3 is 19.6 Å². The molecule has 0 amide bonds. The van der Waals surface area contributed by atoms with Crippen LogP contribution in [-0.4, -0.2) is 0 Å². The SMILES string of the molecule is Cc1sccc1N(c1cc(F)cc(F)c1)c1cc(N(c2cc(F)cc(F)c2)c2ccsc2C)c2ccc3c(N(c4cc(F)cc(F)c4)c4ccsc4C)cc(N(c4cc(F)cc(F)c4)c4ccsc4C)c4ccc1c2c43. The Labute approximate surface area is 446 Å². The van der Waals surface area contributed by atoms with Crippen molar-refractivity contribution in [3.8, 4) is 0 Å². The zero-order valence-corrected chi connectivity index (χ0v) is 43.7. The molecule has 0 N–H and O–H groups in total. The Balaban J connectivity index is 1.32. The fraction of sp³-hybridized carbons (Fsp3) is 0.0667. The molecule has 12 aromatic rings. The summed E-state index contributed by atoms with van der Waals surface area (Å²) in [5.74, 6) is -6.66. The number of anilines is 12. The first-order valence-electron chi connectivity index (χ1n) is 23.6. The summed E-state index contributed by atoms with van der Waals surface area (Å²) in [7, 11) is 0. The molecule has 0 bridgehead atoms. The largest absolute Gasteiger partial charge is 0.308 e. The van der Waals surface area contributed by atoms with Crippen molar-refractivity contribution >= 4 is 146 Å². The summed E-state index contributed by atoms with van der Waals surface area (Å²) >= 11 is 5.71. The number of aryl methyl sites for hydroxylation is 4. The van der Waals surface area contributed by atoms with Crippen LogP contribution in [0.15, 0.2) is 155 Å². The third-order valence-electron chi connectivity index (χ3n) is 13.5. The molecular formula is C60H38F8N4S4. The van der Waals surface area contributed by atoms with Gasteiger partial charge >= 0.3 is 0 Å².